The quantitative estimate of drug-likeness (QED) is 0.210. The lowest BCUT2D eigenvalue weighted by Gasteiger charge is -2.15. The number of ether oxygens (including phenoxy) is 4. The van der Waals surface area contributed by atoms with Crippen LogP contribution in [0.15, 0.2) is 48.5 Å². The predicted molar refractivity (Wildman–Crippen MR) is 168 cm³/mol. The van der Waals surface area contributed by atoms with Gasteiger partial charge in [-0.1, -0.05) is 58.9 Å². The lowest BCUT2D eigenvalue weighted by molar-refractivity contribution is 0.104. The van der Waals surface area contributed by atoms with Gasteiger partial charge in [0.05, 0.1) is 13.2 Å². The van der Waals surface area contributed by atoms with Crippen molar-refractivity contribution in [3.8, 4) is 11.5 Å². The molecule has 0 aromatic heterocycles. The average Bonchev–Trinajstić information content (AvgIpc) is 2.96. The molecule has 0 fully saturated rings. The summed E-state index contributed by atoms with van der Waals surface area (Å²) < 4.78 is 21.1. The van der Waals surface area contributed by atoms with Crippen LogP contribution in [0, 0.1) is 13.3 Å². The van der Waals surface area contributed by atoms with Crippen molar-refractivity contribution < 1.29 is 29.2 Å². The number of hydrogen-bond donors (Lipinski definition) is 4. The smallest absolute Gasteiger partial charge is 0.119 e. The van der Waals surface area contributed by atoms with Gasteiger partial charge in [-0.25, -0.2) is 0 Å². The van der Waals surface area contributed by atoms with E-state index in [9.17, 15) is 10.2 Å². The molecule has 0 aliphatic rings. The summed E-state index contributed by atoms with van der Waals surface area (Å²) >= 11 is 0. The number of aliphatic hydroxyl groups is 2. The molecule has 8 nitrogen and oxygen atoms in total. The van der Waals surface area contributed by atoms with Crippen molar-refractivity contribution in [1.29, 1.82) is 0 Å². The topological polar surface area (TPSA) is 101 Å². The third kappa shape index (κ3) is 23.1. The second-order valence-corrected chi connectivity index (χ2v) is 10.2. The Hall–Kier alpha value is -2.20. The van der Waals surface area contributed by atoms with Crippen LogP contribution in [-0.2, 0) is 22.3 Å². The summed E-state index contributed by atoms with van der Waals surface area (Å²) in [4.78, 5) is 0. The van der Waals surface area contributed by atoms with E-state index in [0.717, 1.165) is 37.6 Å². The first-order valence-corrected chi connectivity index (χ1v) is 14.4. The molecular formula is C33H55N2O6. The molecule has 4 N–H and O–H groups in total. The van der Waals surface area contributed by atoms with Crippen molar-refractivity contribution in [2.24, 2.45) is 0 Å². The maximum Gasteiger partial charge on any atom is 0.119 e. The number of benzene rings is 2. The van der Waals surface area contributed by atoms with Crippen molar-refractivity contribution in [2.45, 2.75) is 71.8 Å². The number of nitrogens with one attached hydrogen (secondary N) is 2. The van der Waals surface area contributed by atoms with Crippen molar-refractivity contribution in [3.63, 3.8) is 0 Å². The Balaban J connectivity index is 0.000000712. The zero-order valence-electron chi connectivity index (χ0n) is 26.3. The van der Waals surface area contributed by atoms with Crippen LogP contribution in [0.4, 0.5) is 0 Å². The fraction of sp³-hybridized carbons (Fsp3) is 0.576. The molecule has 0 unspecified atom stereocenters. The maximum atomic E-state index is 9.73. The lowest BCUT2D eigenvalue weighted by Crippen LogP contribution is -2.35. The minimum Gasteiger partial charge on any atom is -0.491 e. The third-order valence-electron chi connectivity index (χ3n) is 5.44. The van der Waals surface area contributed by atoms with Crippen LogP contribution in [-0.4, -0.2) is 88.2 Å². The van der Waals surface area contributed by atoms with Crippen LogP contribution in [0.2, 0.25) is 0 Å². The van der Waals surface area contributed by atoms with Crippen molar-refractivity contribution >= 4 is 0 Å². The molecule has 0 saturated carbocycles. The highest BCUT2D eigenvalue weighted by atomic mass is 16.5. The van der Waals surface area contributed by atoms with Crippen LogP contribution >= 0.6 is 0 Å². The van der Waals surface area contributed by atoms with E-state index in [-0.39, 0.29) is 0 Å². The summed E-state index contributed by atoms with van der Waals surface area (Å²) in [5, 5.41) is 25.8. The number of methoxy groups -OCH3 is 2. The van der Waals surface area contributed by atoms with E-state index in [1.807, 2.05) is 76.2 Å². The van der Waals surface area contributed by atoms with Gasteiger partial charge in [-0.05, 0) is 61.6 Å². The molecule has 0 bridgehead atoms. The molecule has 2 atom stereocenters. The maximum absolute atomic E-state index is 9.73. The Morgan fingerprint density at radius 1 is 0.683 bits per heavy atom. The van der Waals surface area contributed by atoms with E-state index in [1.54, 1.807) is 21.1 Å². The zero-order chi connectivity index (χ0) is 30.9. The standard InChI is InChI=1S/2C15H25NO3.C3H5/c2*1-12(2)16-10-14(17)11-19-15-6-4-13(5-7-15)8-9-18-3;1-3-2/h2*4-7,12,14,16-17H,8-11H2,1-3H3;1,3H,2H3/t2*14-;/m00./s1. The highest BCUT2D eigenvalue weighted by Gasteiger charge is 2.07. The normalized spacial score (nSPS) is 12.2. The molecule has 0 aliphatic heterocycles. The molecule has 41 heavy (non-hydrogen) atoms. The predicted octanol–water partition coefficient (Wildman–Crippen LogP) is 4.15. The molecule has 0 spiro atoms. The molecule has 0 heterocycles. The van der Waals surface area contributed by atoms with Gasteiger partial charge in [-0.2, -0.15) is 0 Å². The Labute approximate surface area is 249 Å². The van der Waals surface area contributed by atoms with Gasteiger partial charge in [0.25, 0.3) is 0 Å². The summed E-state index contributed by atoms with van der Waals surface area (Å²) in [6, 6.07) is 16.5. The van der Waals surface area contributed by atoms with E-state index in [1.165, 1.54) is 17.5 Å². The van der Waals surface area contributed by atoms with Gasteiger partial charge in [0, 0.05) is 39.4 Å². The van der Waals surface area contributed by atoms with Gasteiger partial charge in [0.2, 0.25) is 0 Å². The second-order valence-electron chi connectivity index (χ2n) is 10.2. The Morgan fingerprint density at radius 2 is 1.00 bits per heavy atom. The first-order chi connectivity index (χ1) is 19.6. The SMILES string of the molecule is COCCc1ccc(OC[C@@H](O)CNC(C)C)cc1.COCCc1ccc(OC[C@@H](O)CNC(C)C)cc1.[CH][CH]C. The molecule has 3 radical (unpaired) electrons. The van der Waals surface area contributed by atoms with Crippen LogP contribution in [0.3, 0.4) is 0 Å². The summed E-state index contributed by atoms with van der Waals surface area (Å²) in [6.45, 7) is 17.8. The number of aliphatic hydroxyl groups excluding tert-OH is 2. The summed E-state index contributed by atoms with van der Waals surface area (Å²) in [7, 11) is 3.40. The molecule has 0 saturated heterocycles. The van der Waals surface area contributed by atoms with E-state index in [0.29, 0.717) is 38.4 Å². The molecule has 8 heteroatoms. The largest absolute Gasteiger partial charge is 0.491 e. The molecule has 2 aromatic carbocycles. The van der Waals surface area contributed by atoms with E-state index in [4.69, 9.17) is 25.9 Å². The van der Waals surface area contributed by atoms with Gasteiger partial charge < -0.3 is 39.8 Å². The second kappa shape index (κ2) is 25.5. The first-order valence-electron chi connectivity index (χ1n) is 14.4. The van der Waals surface area contributed by atoms with Crippen LogP contribution in [0.1, 0.15) is 45.7 Å². The molecule has 2 aromatic rings. The fourth-order valence-electron chi connectivity index (χ4n) is 3.19. The Bertz CT molecular complexity index is 761. The third-order valence-corrected chi connectivity index (χ3v) is 5.44. The van der Waals surface area contributed by atoms with Crippen molar-refractivity contribution in [3.05, 3.63) is 73.0 Å². The monoisotopic (exact) mass is 575 g/mol. The van der Waals surface area contributed by atoms with E-state index < -0.39 is 12.2 Å². The molecule has 0 amide bonds. The van der Waals surface area contributed by atoms with E-state index >= 15 is 0 Å². The average molecular weight is 576 g/mol. The van der Waals surface area contributed by atoms with Crippen LogP contribution < -0.4 is 20.1 Å². The van der Waals surface area contributed by atoms with Crippen LogP contribution in [0.25, 0.3) is 0 Å². The molecular weight excluding hydrogens is 520 g/mol. The van der Waals surface area contributed by atoms with Crippen LogP contribution in [0.5, 0.6) is 11.5 Å². The number of rotatable bonds is 18. The molecule has 0 aliphatic carbocycles. The Kier molecular flexibility index (Phi) is 24.1. The van der Waals surface area contributed by atoms with Gasteiger partial charge in [0.15, 0.2) is 0 Å². The zero-order valence-corrected chi connectivity index (χ0v) is 26.3. The summed E-state index contributed by atoms with van der Waals surface area (Å²) in [5.41, 5.74) is 2.44. The van der Waals surface area contributed by atoms with E-state index in [2.05, 4.69) is 10.6 Å². The van der Waals surface area contributed by atoms with Crippen molar-refractivity contribution in [2.75, 3.05) is 53.7 Å². The summed E-state index contributed by atoms with van der Waals surface area (Å²) in [5.74, 6) is 1.56. The minimum atomic E-state index is -0.490. The van der Waals surface area contributed by atoms with Gasteiger partial charge in [-0.15, -0.1) is 0 Å². The van der Waals surface area contributed by atoms with Gasteiger partial charge in [-0.3, -0.25) is 0 Å². The fourth-order valence-corrected chi connectivity index (χ4v) is 3.19. The Morgan fingerprint density at radius 3 is 1.27 bits per heavy atom. The summed E-state index contributed by atoms with van der Waals surface area (Å²) in [6.07, 6.45) is 2.32. The molecule has 2 rings (SSSR count). The van der Waals surface area contributed by atoms with Crippen molar-refractivity contribution in [1.82, 2.24) is 10.6 Å². The highest BCUT2D eigenvalue weighted by Crippen LogP contribution is 2.14. The van der Waals surface area contributed by atoms with Gasteiger partial charge in [0.1, 0.15) is 36.9 Å². The molecule has 233 valence electrons. The van der Waals surface area contributed by atoms with Gasteiger partial charge >= 0.3 is 0 Å². The highest BCUT2D eigenvalue weighted by molar-refractivity contribution is 5.28. The first kappa shape index (κ1) is 38.8. The lowest BCUT2D eigenvalue weighted by atomic mass is 10.1. The minimum absolute atomic E-state index is 0.303. The number of hydrogen-bond acceptors (Lipinski definition) is 8.